The number of hydrogen-bond donors (Lipinski definition) is 1. The molecule has 0 aliphatic rings. The molecule has 1 heterocycles. The molecule has 1 N–H and O–H groups in total. The van der Waals surface area contributed by atoms with Crippen molar-refractivity contribution in [3.05, 3.63) is 72.3 Å². The number of rotatable bonds is 9. The third kappa shape index (κ3) is 5.68. The van der Waals surface area contributed by atoms with Gasteiger partial charge in [-0.15, -0.1) is 10.2 Å². The zero-order valence-electron chi connectivity index (χ0n) is 16.5. The number of carbonyl (C=O) groups is 1. The molecule has 0 spiro atoms. The lowest BCUT2D eigenvalue weighted by atomic mass is 10.2. The summed E-state index contributed by atoms with van der Waals surface area (Å²) in [5.41, 5.74) is 1.20. The van der Waals surface area contributed by atoms with Crippen LogP contribution in [0.1, 0.15) is 12.5 Å². The topological polar surface area (TPSA) is 76.6 Å². The highest BCUT2D eigenvalue weighted by Gasteiger charge is 2.10. The summed E-state index contributed by atoms with van der Waals surface area (Å²) in [5, 5.41) is 11.0. The van der Waals surface area contributed by atoms with E-state index in [0.717, 1.165) is 18.9 Å². The molecular weight excluding hydrogens is 368 g/mol. The fourth-order valence-corrected chi connectivity index (χ4v) is 2.78. The number of ether oxygens (including phenoxy) is 2. The second-order valence-corrected chi connectivity index (χ2v) is 6.26. The Bertz CT molecular complexity index is 917. The molecule has 7 heteroatoms. The van der Waals surface area contributed by atoms with E-state index in [1.807, 2.05) is 36.4 Å². The van der Waals surface area contributed by atoms with E-state index in [-0.39, 0.29) is 12.5 Å². The highest BCUT2D eigenvalue weighted by Crippen LogP contribution is 2.25. The second-order valence-electron chi connectivity index (χ2n) is 6.26. The zero-order valence-corrected chi connectivity index (χ0v) is 16.5. The molecule has 0 aliphatic carbocycles. The lowest BCUT2D eigenvalue weighted by Crippen LogP contribution is -2.24. The summed E-state index contributed by atoms with van der Waals surface area (Å²) < 4.78 is 10.7. The number of carbonyl (C=O) groups excluding carboxylic acids is 1. The molecule has 0 radical (unpaired) electrons. The van der Waals surface area contributed by atoms with E-state index in [4.69, 9.17) is 9.47 Å². The molecule has 29 heavy (non-hydrogen) atoms. The van der Waals surface area contributed by atoms with Crippen molar-refractivity contribution in [3.8, 4) is 11.5 Å². The summed E-state index contributed by atoms with van der Waals surface area (Å²) >= 11 is 0. The molecule has 0 atom stereocenters. The Kier molecular flexibility index (Phi) is 7.00. The second kappa shape index (κ2) is 10.1. The molecule has 2 aromatic carbocycles. The molecule has 3 rings (SSSR count). The SMILES string of the molecule is CCN(Cc1ccccc1)c1ccc(NC(=O)COc2ccccc2OC)nn1. The Morgan fingerprint density at radius 1 is 0.966 bits per heavy atom. The van der Waals surface area contributed by atoms with Gasteiger partial charge in [0.05, 0.1) is 7.11 Å². The van der Waals surface area contributed by atoms with E-state index in [1.54, 1.807) is 25.3 Å². The number of aromatic nitrogens is 2. The minimum absolute atomic E-state index is 0.154. The van der Waals surface area contributed by atoms with Gasteiger partial charge in [0.15, 0.2) is 29.7 Å². The molecule has 0 saturated carbocycles. The van der Waals surface area contributed by atoms with Gasteiger partial charge in [-0.3, -0.25) is 4.79 Å². The Labute approximate surface area is 170 Å². The van der Waals surface area contributed by atoms with Crippen LogP contribution >= 0.6 is 0 Å². The zero-order chi connectivity index (χ0) is 20.5. The van der Waals surface area contributed by atoms with E-state index in [9.17, 15) is 4.79 Å². The molecule has 0 bridgehead atoms. The summed E-state index contributed by atoms with van der Waals surface area (Å²) in [6.45, 7) is 3.45. The Balaban J connectivity index is 1.56. The van der Waals surface area contributed by atoms with Gasteiger partial charge >= 0.3 is 0 Å². The van der Waals surface area contributed by atoms with Crippen LogP contribution in [-0.4, -0.2) is 36.4 Å². The van der Waals surface area contributed by atoms with Crippen LogP contribution in [0.15, 0.2) is 66.7 Å². The maximum atomic E-state index is 12.1. The molecule has 1 amide bonds. The van der Waals surface area contributed by atoms with Gasteiger partial charge in [0, 0.05) is 13.1 Å². The quantitative estimate of drug-likeness (QED) is 0.600. The van der Waals surface area contributed by atoms with Gasteiger partial charge in [-0.25, -0.2) is 0 Å². The number of benzene rings is 2. The first-order valence-electron chi connectivity index (χ1n) is 9.38. The number of methoxy groups -OCH3 is 1. The molecule has 1 aromatic heterocycles. The fourth-order valence-electron chi connectivity index (χ4n) is 2.78. The largest absolute Gasteiger partial charge is 0.493 e. The molecular formula is C22H24N4O3. The number of anilines is 2. The molecule has 0 aliphatic heterocycles. The van der Waals surface area contributed by atoms with Crippen LogP contribution in [0.4, 0.5) is 11.6 Å². The molecule has 0 unspecified atom stereocenters. The van der Waals surface area contributed by atoms with Crippen LogP contribution in [0.5, 0.6) is 11.5 Å². The molecule has 3 aromatic rings. The van der Waals surface area contributed by atoms with E-state index in [0.29, 0.717) is 17.3 Å². The van der Waals surface area contributed by atoms with Crippen molar-refractivity contribution < 1.29 is 14.3 Å². The Hall–Kier alpha value is -3.61. The predicted octanol–water partition coefficient (Wildman–Crippen LogP) is 3.53. The molecule has 150 valence electrons. The number of amides is 1. The fraction of sp³-hybridized carbons (Fsp3) is 0.227. The van der Waals surface area contributed by atoms with Gasteiger partial charge in [-0.1, -0.05) is 42.5 Å². The van der Waals surface area contributed by atoms with Crippen LogP contribution in [0.2, 0.25) is 0 Å². The van der Waals surface area contributed by atoms with Crippen molar-refractivity contribution in [2.45, 2.75) is 13.5 Å². The van der Waals surface area contributed by atoms with Gasteiger partial charge in [-0.05, 0) is 36.8 Å². The number of nitrogens with one attached hydrogen (secondary N) is 1. The predicted molar refractivity (Wildman–Crippen MR) is 112 cm³/mol. The number of para-hydroxylation sites is 2. The summed E-state index contributed by atoms with van der Waals surface area (Å²) in [4.78, 5) is 14.3. The smallest absolute Gasteiger partial charge is 0.263 e. The van der Waals surface area contributed by atoms with Crippen LogP contribution in [0.25, 0.3) is 0 Å². The van der Waals surface area contributed by atoms with Gasteiger partial charge < -0.3 is 19.7 Å². The van der Waals surface area contributed by atoms with Crippen molar-refractivity contribution in [2.75, 3.05) is 30.5 Å². The first-order chi connectivity index (χ1) is 14.2. The van der Waals surface area contributed by atoms with Crippen molar-refractivity contribution >= 4 is 17.5 Å². The summed E-state index contributed by atoms with van der Waals surface area (Å²) in [7, 11) is 1.55. The van der Waals surface area contributed by atoms with Crippen LogP contribution in [0, 0.1) is 0 Å². The highest BCUT2D eigenvalue weighted by atomic mass is 16.5. The Morgan fingerprint density at radius 3 is 2.34 bits per heavy atom. The molecule has 7 nitrogen and oxygen atoms in total. The van der Waals surface area contributed by atoms with E-state index >= 15 is 0 Å². The van der Waals surface area contributed by atoms with Gasteiger partial charge in [0.25, 0.3) is 5.91 Å². The lowest BCUT2D eigenvalue weighted by Gasteiger charge is -2.21. The monoisotopic (exact) mass is 392 g/mol. The standard InChI is InChI=1S/C22H24N4O3/c1-3-26(15-17-9-5-4-6-10-17)21-14-13-20(24-25-21)23-22(27)16-29-19-12-8-7-11-18(19)28-2/h4-14H,3,15-16H2,1-2H3,(H,23,24,27). The lowest BCUT2D eigenvalue weighted by molar-refractivity contribution is -0.118. The highest BCUT2D eigenvalue weighted by molar-refractivity contribution is 5.90. The average Bonchev–Trinajstić information content (AvgIpc) is 2.77. The van der Waals surface area contributed by atoms with Crippen LogP contribution in [-0.2, 0) is 11.3 Å². The van der Waals surface area contributed by atoms with Crippen LogP contribution in [0.3, 0.4) is 0 Å². The number of hydrogen-bond acceptors (Lipinski definition) is 6. The first kappa shape index (κ1) is 20.1. The van der Waals surface area contributed by atoms with E-state index in [1.165, 1.54) is 5.56 Å². The van der Waals surface area contributed by atoms with Crippen LogP contribution < -0.4 is 19.7 Å². The maximum absolute atomic E-state index is 12.1. The summed E-state index contributed by atoms with van der Waals surface area (Å²) in [6, 6.07) is 20.9. The first-order valence-corrected chi connectivity index (χ1v) is 9.38. The van der Waals surface area contributed by atoms with Crippen molar-refractivity contribution in [2.24, 2.45) is 0 Å². The van der Waals surface area contributed by atoms with Gasteiger partial charge in [0.2, 0.25) is 0 Å². The van der Waals surface area contributed by atoms with E-state index in [2.05, 4.69) is 39.5 Å². The third-order valence-corrected chi connectivity index (χ3v) is 4.27. The van der Waals surface area contributed by atoms with Crippen molar-refractivity contribution in [1.29, 1.82) is 0 Å². The maximum Gasteiger partial charge on any atom is 0.263 e. The minimum Gasteiger partial charge on any atom is -0.493 e. The van der Waals surface area contributed by atoms with Crippen molar-refractivity contribution in [1.82, 2.24) is 10.2 Å². The number of nitrogens with zero attached hydrogens (tertiary/aromatic N) is 3. The minimum atomic E-state index is -0.324. The molecule has 0 saturated heterocycles. The molecule has 0 fully saturated rings. The van der Waals surface area contributed by atoms with Crippen molar-refractivity contribution in [3.63, 3.8) is 0 Å². The summed E-state index contributed by atoms with van der Waals surface area (Å²) in [6.07, 6.45) is 0. The van der Waals surface area contributed by atoms with Gasteiger partial charge in [-0.2, -0.15) is 0 Å². The summed E-state index contributed by atoms with van der Waals surface area (Å²) in [5.74, 6) is 1.88. The van der Waals surface area contributed by atoms with Gasteiger partial charge in [0.1, 0.15) is 0 Å². The normalized spacial score (nSPS) is 10.3. The average molecular weight is 392 g/mol. The Morgan fingerprint density at radius 2 is 1.69 bits per heavy atom. The van der Waals surface area contributed by atoms with E-state index < -0.39 is 0 Å². The third-order valence-electron chi connectivity index (χ3n) is 4.27.